The number of hydrogen-bond donors (Lipinski definition) is 2. The van der Waals surface area contributed by atoms with Gasteiger partial charge in [0.05, 0.1) is 20.8 Å². The van der Waals surface area contributed by atoms with Gasteiger partial charge in [-0.2, -0.15) is 9.78 Å². The second-order valence-electron chi connectivity index (χ2n) is 6.15. The van der Waals surface area contributed by atoms with Crippen LogP contribution in [0.5, 0.6) is 0 Å². The van der Waals surface area contributed by atoms with Crippen molar-refractivity contribution in [3.63, 3.8) is 0 Å². The minimum atomic E-state index is -4.10. The number of para-hydroxylation sites is 1. The minimum Gasteiger partial charge on any atom is -0.307 e. The van der Waals surface area contributed by atoms with Crippen LogP contribution in [-0.4, -0.2) is 30.1 Å². The lowest BCUT2D eigenvalue weighted by atomic mass is 10.2. The molecule has 1 heterocycles. The fourth-order valence-corrected chi connectivity index (χ4v) is 3.73. The monoisotopic (exact) mass is 476 g/mol. The number of aryl methyl sites for hydroxylation is 1. The number of urea groups is 1. The van der Waals surface area contributed by atoms with Crippen molar-refractivity contribution in [3.8, 4) is 0 Å². The Kier molecular flexibility index (Phi) is 5.85. The maximum Gasteiger partial charge on any atom is 0.333 e. The molecule has 0 aliphatic carbocycles. The first-order valence-electron chi connectivity index (χ1n) is 8.44. The summed E-state index contributed by atoms with van der Waals surface area (Å²) in [6.45, 7) is 3.51. The van der Waals surface area contributed by atoms with Gasteiger partial charge in [-0.25, -0.2) is 17.9 Å². The third-order valence-electron chi connectivity index (χ3n) is 4.07. The van der Waals surface area contributed by atoms with E-state index in [0.717, 1.165) is 4.47 Å². The van der Waals surface area contributed by atoms with Gasteiger partial charge < -0.3 is 5.32 Å². The molecule has 0 aliphatic heterocycles. The number of hydrogen-bond acceptors (Lipinski definition) is 5. The number of carbonyl (C=O) groups excluding carboxylic acids is 2. The summed E-state index contributed by atoms with van der Waals surface area (Å²) in [5.41, 5.74) is 2.03. The van der Waals surface area contributed by atoms with E-state index in [1.54, 1.807) is 44.2 Å². The van der Waals surface area contributed by atoms with E-state index in [0.29, 0.717) is 17.1 Å². The second-order valence-corrected chi connectivity index (χ2v) is 8.63. The van der Waals surface area contributed by atoms with Gasteiger partial charge in [-0.3, -0.25) is 4.79 Å². The van der Waals surface area contributed by atoms with Gasteiger partial charge in [0.1, 0.15) is 0 Å². The molecule has 0 bridgehead atoms. The van der Waals surface area contributed by atoms with Crippen molar-refractivity contribution in [1.29, 1.82) is 0 Å². The highest BCUT2D eigenvalue weighted by molar-refractivity contribution is 9.10. The molecular weight excluding hydrogens is 460 g/mol. The Morgan fingerprint density at radius 1 is 1.00 bits per heavy atom. The van der Waals surface area contributed by atoms with E-state index in [4.69, 9.17) is 0 Å². The predicted octanol–water partition coefficient (Wildman–Crippen LogP) is 3.46. The zero-order valence-electron chi connectivity index (χ0n) is 15.5. The molecule has 0 saturated heterocycles. The topological polar surface area (TPSA) is 110 Å². The van der Waals surface area contributed by atoms with Gasteiger partial charge in [0.25, 0.3) is 15.9 Å². The maximum absolute atomic E-state index is 12.6. The van der Waals surface area contributed by atoms with E-state index in [1.165, 1.54) is 28.9 Å². The number of sulfonamides is 1. The van der Waals surface area contributed by atoms with Gasteiger partial charge in [-0.15, -0.1) is 0 Å². The fourth-order valence-electron chi connectivity index (χ4n) is 2.58. The average molecular weight is 477 g/mol. The largest absolute Gasteiger partial charge is 0.333 e. The molecule has 0 fully saturated rings. The Hall–Kier alpha value is -2.98. The van der Waals surface area contributed by atoms with Crippen molar-refractivity contribution in [2.24, 2.45) is 0 Å². The molecule has 1 aromatic heterocycles. The lowest BCUT2D eigenvalue weighted by Crippen LogP contribution is -2.34. The van der Waals surface area contributed by atoms with Gasteiger partial charge in [-0.1, -0.05) is 18.2 Å². The summed E-state index contributed by atoms with van der Waals surface area (Å²) >= 11 is 3.36. The summed E-state index contributed by atoms with van der Waals surface area (Å²) in [5, 5.41) is 6.61. The van der Waals surface area contributed by atoms with E-state index in [2.05, 4.69) is 26.3 Å². The smallest absolute Gasteiger partial charge is 0.307 e. The number of halogens is 1. The third kappa shape index (κ3) is 4.54. The van der Waals surface area contributed by atoms with Crippen LogP contribution < -0.4 is 10.0 Å². The van der Waals surface area contributed by atoms with Gasteiger partial charge in [-0.05, 0) is 66.2 Å². The highest BCUT2D eigenvalue weighted by Crippen LogP contribution is 2.21. The number of nitrogens with zero attached hydrogens (tertiary/aromatic N) is 2. The first-order valence-corrected chi connectivity index (χ1v) is 10.7. The first-order chi connectivity index (χ1) is 13.7. The van der Waals surface area contributed by atoms with Gasteiger partial charge in [0.2, 0.25) is 0 Å². The number of carbonyl (C=O) groups is 2. The molecule has 0 saturated carbocycles. The van der Waals surface area contributed by atoms with E-state index in [-0.39, 0.29) is 10.5 Å². The van der Waals surface area contributed by atoms with Crippen molar-refractivity contribution >= 4 is 43.6 Å². The summed E-state index contributed by atoms with van der Waals surface area (Å²) in [4.78, 5) is 24.4. The van der Waals surface area contributed by atoms with Crippen LogP contribution in [0.25, 0.3) is 0 Å². The molecule has 29 heavy (non-hydrogen) atoms. The van der Waals surface area contributed by atoms with Gasteiger partial charge in [0, 0.05) is 11.3 Å². The Bertz CT molecular complexity index is 1170. The predicted molar refractivity (Wildman–Crippen MR) is 111 cm³/mol. The molecule has 10 heteroatoms. The zero-order valence-corrected chi connectivity index (χ0v) is 17.9. The minimum absolute atomic E-state index is 0.146. The maximum atomic E-state index is 12.6. The normalized spacial score (nSPS) is 11.1. The summed E-state index contributed by atoms with van der Waals surface area (Å²) in [7, 11) is -4.10. The molecule has 150 valence electrons. The molecule has 2 aromatic carbocycles. The molecule has 8 nitrogen and oxygen atoms in total. The standard InChI is InChI=1S/C19H17BrN4O4S/c1-12-17(20)13(2)24(22-12)18(25)14-8-10-16(11-9-14)29(27,28)23-19(26)21-15-6-4-3-5-7-15/h3-11H,1-2H3,(H2,21,23,26). The lowest BCUT2D eigenvalue weighted by molar-refractivity contribution is 0.0942. The molecule has 3 rings (SSSR count). The highest BCUT2D eigenvalue weighted by Gasteiger charge is 2.20. The van der Waals surface area contributed by atoms with Crippen molar-refractivity contribution in [3.05, 3.63) is 76.0 Å². The highest BCUT2D eigenvalue weighted by atomic mass is 79.9. The zero-order chi connectivity index (χ0) is 21.2. The van der Waals surface area contributed by atoms with E-state index in [9.17, 15) is 18.0 Å². The van der Waals surface area contributed by atoms with Crippen LogP contribution in [0.4, 0.5) is 10.5 Å². The molecule has 0 aliphatic rings. The van der Waals surface area contributed by atoms with Crippen LogP contribution in [0.15, 0.2) is 64.0 Å². The van der Waals surface area contributed by atoms with Gasteiger partial charge >= 0.3 is 6.03 Å². The lowest BCUT2D eigenvalue weighted by Gasteiger charge is -2.09. The van der Waals surface area contributed by atoms with Gasteiger partial charge in [0.15, 0.2) is 0 Å². The van der Waals surface area contributed by atoms with Crippen molar-refractivity contribution in [1.82, 2.24) is 14.5 Å². The Labute approximate surface area is 176 Å². The molecular formula is C19H17BrN4O4S. The summed E-state index contributed by atoms with van der Waals surface area (Å²) in [5.74, 6) is -0.393. The molecule has 3 aromatic rings. The van der Waals surface area contributed by atoms with Crippen LogP contribution in [-0.2, 0) is 10.0 Å². The number of nitrogens with one attached hydrogen (secondary N) is 2. The van der Waals surface area contributed by atoms with Crippen molar-refractivity contribution in [2.75, 3.05) is 5.32 Å². The number of amides is 2. The number of benzene rings is 2. The quantitative estimate of drug-likeness (QED) is 0.598. The number of rotatable bonds is 4. The van der Waals surface area contributed by atoms with Crippen LogP contribution in [0.2, 0.25) is 0 Å². The second kappa shape index (κ2) is 8.18. The average Bonchev–Trinajstić information content (AvgIpc) is 2.95. The Morgan fingerprint density at radius 3 is 2.17 bits per heavy atom. The van der Waals surface area contributed by atoms with Crippen molar-refractivity contribution in [2.45, 2.75) is 18.7 Å². The van der Waals surface area contributed by atoms with Crippen LogP contribution >= 0.6 is 15.9 Å². The molecule has 0 unspecified atom stereocenters. The first kappa shape index (κ1) is 20.7. The molecule has 0 radical (unpaired) electrons. The number of aromatic nitrogens is 2. The summed E-state index contributed by atoms with van der Waals surface area (Å²) in [6.07, 6.45) is 0. The summed E-state index contributed by atoms with van der Waals surface area (Å²) < 4.78 is 28.7. The molecule has 0 atom stereocenters. The van der Waals surface area contributed by atoms with E-state index >= 15 is 0 Å². The Morgan fingerprint density at radius 2 is 1.62 bits per heavy atom. The molecule has 2 amide bonds. The van der Waals surface area contributed by atoms with Crippen LogP contribution in [0.3, 0.4) is 0 Å². The fraction of sp³-hybridized carbons (Fsp3) is 0.105. The van der Waals surface area contributed by atoms with Crippen molar-refractivity contribution < 1.29 is 18.0 Å². The van der Waals surface area contributed by atoms with Crippen LogP contribution in [0.1, 0.15) is 21.7 Å². The summed E-state index contributed by atoms with van der Waals surface area (Å²) in [6, 6.07) is 12.8. The number of anilines is 1. The Balaban J connectivity index is 1.75. The SMILES string of the molecule is Cc1nn(C(=O)c2ccc(S(=O)(=O)NC(=O)Nc3ccccc3)cc2)c(C)c1Br. The molecule has 0 spiro atoms. The van der Waals surface area contributed by atoms with E-state index in [1.807, 2.05) is 4.72 Å². The molecule has 2 N–H and O–H groups in total. The third-order valence-corrected chi connectivity index (χ3v) is 6.56. The van der Waals surface area contributed by atoms with E-state index < -0.39 is 22.0 Å². The van der Waals surface area contributed by atoms with Crippen LogP contribution in [0, 0.1) is 13.8 Å².